The van der Waals surface area contributed by atoms with Crippen LogP contribution in [0.15, 0.2) is 60.8 Å². The van der Waals surface area contributed by atoms with Crippen molar-refractivity contribution < 1.29 is 80.2 Å². The van der Waals surface area contributed by atoms with Crippen LogP contribution in [0.3, 0.4) is 0 Å². The Hall–Kier alpha value is -3.24. The molecule has 0 fully saturated rings. The second-order valence-electron chi connectivity index (χ2n) is 26.7. The van der Waals surface area contributed by atoms with Crippen LogP contribution in [0.25, 0.3) is 0 Å². The zero-order valence-electron chi connectivity index (χ0n) is 62.5. The number of carbonyl (C=O) groups is 4. The highest BCUT2D eigenvalue weighted by atomic mass is 31.2. The van der Waals surface area contributed by atoms with E-state index in [2.05, 4.69) is 88.5 Å². The number of hydrogen-bond donors (Lipinski definition) is 3. The van der Waals surface area contributed by atoms with Crippen LogP contribution in [-0.2, 0) is 65.4 Å². The normalized spacial score (nSPS) is 14.2. The minimum absolute atomic E-state index is 0.0789. The van der Waals surface area contributed by atoms with Gasteiger partial charge in [0.15, 0.2) is 12.2 Å². The number of phosphoric acid groups is 2. The van der Waals surface area contributed by atoms with Crippen LogP contribution < -0.4 is 0 Å². The average molecular weight is 1430 g/mol. The van der Waals surface area contributed by atoms with Gasteiger partial charge in [0.2, 0.25) is 0 Å². The fourth-order valence-corrected chi connectivity index (χ4v) is 12.5. The Balaban J connectivity index is 5.34. The number of aliphatic hydroxyl groups is 1. The molecule has 0 heterocycles. The first kappa shape index (κ1) is 94.8. The van der Waals surface area contributed by atoms with E-state index >= 15 is 0 Å². The van der Waals surface area contributed by atoms with Crippen molar-refractivity contribution in [2.75, 3.05) is 39.6 Å². The molecule has 0 spiro atoms. The summed E-state index contributed by atoms with van der Waals surface area (Å²) in [5.41, 5.74) is 0. The first-order valence-electron chi connectivity index (χ1n) is 39.5. The summed E-state index contributed by atoms with van der Waals surface area (Å²) in [5, 5.41) is 10.6. The van der Waals surface area contributed by atoms with Gasteiger partial charge < -0.3 is 33.8 Å². The van der Waals surface area contributed by atoms with E-state index in [1.807, 2.05) is 0 Å². The summed E-state index contributed by atoms with van der Waals surface area (Å²) >= 11 is 0. The molecule has 572 valence electrons. The molecular formula is C79H144O17P2. The number of esters is 4. The molecule has 0 saturated carbocycles. The largest absolute Gasteiger partial charge is 0.472 e. The van der Waals surface area contributed by atoms with Crippen molar-refractivity contribution in [3.8, 4) is 0 Å². The Morgan fingerprint density at radius 3 is 0.857 bits per heavy atom. The van der Waals surface area contributed by atoms with Gasteiger partial charge in [0.25, 0.3) is 0 Å². The summed E-state index contributed by atoms with van der Waals surface area (Å²) in [6.07, 6.45) is 70.5. The fourth-order valence-electron chi connectivity index (χ4n) is 10.9. The molecule has 0 aliphatic rings. The molecule has 0 aliphatic carbocycles. The lowest BCUT2D eigenvalue weighted by Crippen LogP contribution is -2.30. The SMILES string of the molecule is CCCCC/C=C\C/C=C\CCCCCCCC(=O)O[C@H](COC(=O)CCCCCCC/C=C\C=C/CCCCCC)COP(=O)(O)OC[C@H](O)COP(=O)(O)OC[C@@H](COC(=O)CCCCCCC/C=C\CCCCCCCC)OC(=O)CCCCCCCCCCCCCCC. The van der Waals surface area contributed by atoms with E-state index in [0.29, 0.717) is 25.7 Å². The van der Waals surface area contributed by atoms with Crippen LogP contribution in [0.5, 0.6) is 0 Å². The van der Waals surface area contributed by atoms with Gasteiger partial charge in [-0.25, -0.2) is 9.13 Å². The second-order valence-corrected chi connectivity index (χ2v) is 29.6. The van der Waals surface area contributed by atoms with Gasteiger partial charge >= 0.3 is 39.5 Å². The van der Waals surface area contributed by atoms with Crippen molar-refractivity contribution in [3.05, 3.63) is 60.8 Å². The van der Waals surface area contributed by atoms with E-state index in [-0.39, 0.29) is 25.7 Å². The Bertz CT molecular complexity index is 2100. The molecule has 0 radical (unpaired) electrons. The zero-order chi connectivity index (χ0) is 71.8. The third kappa shape index (κ3) is 71.2. The molecule has 0 aromatic rings. The van der Waals surface area contributed by atoms with Crippen molar-refractivity contribution in [1.29, 1.82) is 0 Å². The number of carbonyl (C=O) groups excluding carboxylic acids is 4. The van der Waals surface area contributed by atoms with Crippen molar-refractivity contribution in [3.63, 3.8) is 0 Å². The van der Waals surface area contributed by atoms with E-state index in [1.54, 1.807) is 0 Å². The molecule has 0 amide bonds. The molecule has 17 nitrogen and oxygen atoms in total. The van der Waals surface area contributed by atoms with Crippen molar-refractivity contribution >= 4 is 39.5 Å². The molecule has 0 bridgehead atoms. The first-order chi connectivity index (χ1) is 47.7. The van der Waals surface area contributed by atoms with Crippen LogP contribution in [0.2, 0.25) is 0 Å². The van der Waals surface area contributed by atoms with Gasteiger partial charge in [-0.15, -0.1) is 0 Å². The lowest BCUT2D eigenvalue weighted by molar-refractivity contribution is -0.161. The molecule has 98 heavy (non-hydrogen) atoms. The van der Waals surface area contributed by atoms with E-state index in [4.69, 9.17) is 37.0 Å². The monoisotopic (exact) mass is 1430 g/mol. The van der Waals surface area contributed by atoms with Crippen LogP contribution >= 0.6 is 15.6 Å². The van der Waals surface area contributed by atoms with E-state index in [1.165, 1.54) is 135 Å². The highest BCUT2D eigenvalue weighted by molar-refractivity contribution is 7.47. The molecule has 2 unspecified atom stereocenters. The Morgan fingerprint density at radius 1 is 0.296 bits per heavy atom. The van der Waals surface area contributed by atoms with Crippen molar-refractivity contribution in [2.24, 2.45) is 0 Å². The highest BCUT2D eigenvalue weighted by Crippen LogP contribution is 2.45. The summed E-state index contributed by atoms with van der Waals surface area (Å²) in [5.74, 6) is -2.18. The predicted molar refractivity (Wildman–Crippen MR) is 400 cm³/mol. The molecule has 19 heteroatoms. The van der Waals surface area contributed by atoms with Crippen molar-refractivity contribution in [1.82, 2.24) is 0 Å². The van der Waals surface area contributed by atoms with Crippen molar-refractivity contribution in [2.45, 2.75) is 380 Å². The number of phosphoric ester groups is 2. The van der Waals surface area contributed by atoms with Gasteiger partial charge in [0.05, 0.1) is 26.4 Å². The van der Waals surface area contributed by atoms with E-state index < -0.39 is 97.5 Å². The van der Waals surface area contributed by atoms with Crippen LogP contribution in [0.1, 0.15) is 362 Å². The van der Waals surface area contributed by atoms with E-state index in [0.717, 1.165) is 148 Å². The summed E-state index contributed by atoms with van der Waals surface area (Å²) in [7, 11) is -9.94. The third-order valence-electron chi connectivity index (χ3n) is 17.0. The van der Waals surface area contributed by atoms with Gasteiger partial charge in [0.1, 0.15) is 19.3 Å². The van der Waals surface area contributed by atoms with Crippen LogP contribution in [0, 0.1) is 0 Å². The number of unbranched alkanes of at least 4 members (excludes halogenated alkanes) is 40. The van der Waals surface area contributed by atoms with E-state index in [9.17, 15) is 43.2 Å². The molecule has 5 atom stereocenters. The molecule has 0 aromatic heterocycles. The average Bonchev–Trinajstić information content (AvgIpc) is 0.984. The Kier molecular flexibility index (Phi) is 69.7. The third-order valence-corrected chi connectivity index (χ3v) is 18.9. The number of rotatable bonds is 75. The summed E-state index contributed by atoms with van der Waals surface area (Å²) in [4.78, 5) is 72.9. The topological polar surface area (TPSA) is 237 Å². The van der Waals surface area contributed by atoms with Gasteiger partial charge in [-0.3, -0.25) is 37.3 Å². The number of hydrogen-bond acceptors (Lipinski definition) is 15. The smallest absolute Gasteiger partial charge is 0.462 e. The summed E-state index contributed by atoms with van der Waals surface area (Å²) in [6.45, 7) is 4.84. The molecule has 0 saturated heterocycles. The zero-order valence-corrected chi connectivity index (χ0v) is 64.3. The Morgan fingerprint density at radius 2 is 0.531 bits per heavy atom. The van der Waals surface area contributed by atoms with Gasteiger partial charge in [0, 0.05) is 25.7 Å². The molecule has 0 aliphatic heterocycles. The van der Waals surface area contributed by atoms with Gasteiger partial charge in [-0.1, -0.05) is 288 Å². The minimum atomic E-state index is -4.98. The number of allylic oxidation sites excluding steroid dienone is 10. The second kappa shape index (κ2) is 72.1. The summed E-state index contributed by atoms with van der Waals surface area (Å²) < 4.78 is 68.5. The maximum atomic E-state index is 13.1. The molecule has 0 aromatic carbocycles. The molecular weight excluding hydrogens is 1280 g/mol. The lowest BCUT2D eigenvalue weighted by Gasteiger charge is -2.21. The number of ether oxygens (including phenoxy) is 4. The maximum absolute atomic E-state index is 13.1. The van der Waals surface area contributed by atoms with Gasteiger partial charge in [-0.2, -0.15) is 0 Å². The molecule has 3 N–H and O–H groups in total. The van der Waals surface area contributed by atoms with Gasteiger partial charge in [-0.05, 0) is 109 Å². The fraction of sp³-hybridized carbons (Fsp3) is 0.823. The van der Waals surface area contributed by atoms with Crippen LogP contribution in [-0.4, -0.2) is 96.7 Å². The number of aliphatic hydroxyl groups excluding tert-OH is 1. The Labute approximate surface area is 597 Å². The standard InChI is InChI=1S/C79H144O17P2/c1-5-9-13-17-21-25-29-33-36-40-43-47-51-55-59-63-76(81)89-69-74(95-78(83)65-61-57-53-49-45-39-32-28-24-20-16-12-8-4)71-93-97(85,86)91-67-73(80)68-92-98(87,88)94-72-75(96-79(84)66-62-58-54-50-46-42-38-35-31-27-23-19-15-11-7-3)70-90-77(82)64-60-56-52-48-44-41-37-34-30-26-22-18-14-10-6-2/h23,26-27,30,33-38,73-75,80H,5-22,24-25,28-29,31-32,39-72H2,1-4H3,(H,85,86)(H,87,88)/b27-23-,30-26-,36-33-,37-34-,38-35-/t73-,74-,75-/m1/s1. The minimum Gasteiger partial charge on any atom is -0.462 e. The predicted octanol–water partition coefficient (Wildman–Crippen LogP) is 22.7. The van der Waals surface area contributed by atoms with Crippen LogP contribution in [0.4, 0.5) is 0 Å². The maximum Gasteiger partial charge on any atom is 0.472 e. The highest BCUT2D eigenvalue weighted by Gasteiger charge is 2.30. The summed E-state index contributed by atoms with van der Waals surface area (Å²) in [6, 6.07) is 0. The molecule has 0 rings (SSSR count). The quantitative estimate of drug-likeness (QED) is 0.0128. The lowest BCUT2D eigenvalue weighted by atomic mass is 10.0. The first-order valence-corrected chi connectivity index (χ1v) is 42.5.